The van der Waals surface area contributed by atoms with Crippen molar-refractivity contribution in [3.8, 4) is 0 Å². The Morgan fingerprint density at radius 2 is 1.90 bits per heavy atom. The number of rotatable bonds is 0. The molecule has 7 atom stereocenters. The van der Waals surface area contributed by atoms with Crippen molar-refractivity contribution in [2.75, 3.05) is 0 Å². The van der Waals surface area contributed by atoms with Gasteiger partial charge in [0.1, 0.15) is 5.78 Å². The minimum absolute atomic E-state index is 0.210. The van der Waals surface area contributed by atoms with Crippen molar-refractivity contribution in [3.63, 3.8) is 0 Å². The first-order valence-electron chi connectivity index (χ1n) is 9.18. The molecule has 1 N–H and O–H groups in total. The molecule has 4 saturated carbocycles. The van der Waals surface area contributed by atoms with E-state index in [2.05, 4.69) is 13.8 Å². The molecule has 4 aliphatic carbocycles. The SMILES string of the molecule is CC12CC(O)C3C(CCC4CCCCC43C)C1CCC2=O. The Kier molecular flexibility index (Phi) is 3.10. The molecule has 0 heterocycles. The Morgan fingerprint density at radius 3 is 2.71 bits per heavy atom. The standard InChI is InChI=1S/C19H30O2/c1-18-10-4-3-5-12(18)6-7-13-14-8-9-16(21)19(14,2)11-15(20)17(13)18/h12-15,17,20H,3-11H2,1-2H3. The number of aliphatic hydroxyl groups is 1. The topological polar surface area (TPSA) is 37.3 Å². The van der Waals surface area contributed by atoms with Gasteiger partial charge >= 0.3 is 0 Å². The number of hydrogen-bond acceptors (Lipinski definition) is 2. The molecule has 0 aromatic carbocycles. The number of fused-ring (bicyclic) bond motifs is 5. The third-order valence-corrected chi connectivity index (χ3v) is 8.22. The van der Waals surface area contributed by atoms with Crippen molar-refractivity contribution in [3.05, 3.63) is 0 Å². The summed E-state index contributed by atoms with van der Waals surface area (Å²) in [6.07, 6.45) is 10.3. The van der Waals surface area contributed by atoms with Gasteiger partial charge in [0.15, 0.2) is 0 Å². The largest absolute Gasteiger partial charge is 0.393 e. The zero-order valence-corrected chi connectivity index (χ0v) is 13.6. The lowest BCUT2D eigenvalue weighted by Gasteiger charge is -2.61. The van der Waals surface area contributed by atoms with Crippen LogP contribution in [-0.2, 0) is 4.79 Å². The molecule has 4 fully saturated rings. The lowest BCUT2D eigenvalue weighted by atomic mass is 9.44. The molecule has 0 aliphatic heterocycles. The highest BCUT2D eigenvalue weighted by Gasteiger charge is 2.62. The van der Waals surface area contributed by atoms with Crippen molar-refractivity contribution in [2.24, 2.45) is 34.5 Å². The molecule has 0 aromatic heterocycles. The molecule has 2 nitrogen and oxygen atoms in total. The number of carbonyl (C=O) groups excluding carboxylic acids is 1. The fourth-order valence-corrected chi connectivity index (χ4v) is 7.19. The highest BCUT2D eigenvalue weighted by molar-refractivity contribution is 5.87. The van der Waals surface area contributed by atoms with E-state index in [-0.39, 0.29) is 11.5 Å². The van der Waals surface area contributed by atoms with E-state index >= 15 is 0 Å². The zero-order chi connectivity index (χ0) is 14.8. The Morgan fingerprint density at radius 1 is 1.10 bits per heavy atom. The van der Waals surface area contributed by atoms with Crippen molar-refractivity contribution in [1.29, 1.82) is 0 Å². The van der Waals surface area contributed by atoms with Crippen LogP contribution in [-0.4, -0.2) is 17.0 Å². The van der Waals surface area contributed by atoms with Crippen molar-refractivity contribution >= 4 is 5.78 Å². The summed E-state index contributed by atoms with van der Waals surface area (Å²) in [5, 5.41) is 11.0. The van der Waals surface area contributed by atoms with Gasteiger partial charge in [-0.3, -0.25) is 4.79 Å². The molecule has 0 saturated heterocycles. The quantitative estimate of drug-likeness (QED) is 0.733. The normalized spacial score (nSPS) is 56.5. The fraction of sp³-hybridized carbons (Fsp3) is 0.947. The van der Waals surface area contributed by atoms with Crippen LogP contribution in [0, 0.1) is 34.5 Å². The average Bonchev–Trinajstić information content (AvgIpc) is 2.73. The molecule has 4 aliphatic rings. The van der Waals surface area contributed by atoms with Crippen LogP contribution in [0.2, 0.25) is 0 Å². The van der Waals surface area contributed by atoms with Crippen LogP contribution >= 0.6 is 0 Å². The second-order valence-corrected chi connectivity index (χ2v) is 8.97. The second kappa shape index (κ2) is 4.57. The van der Waals surface area contributed by atoms with Crippen LogP contribution in [0.15, 0.2) is 0 Å². The van der Waals surface area contributed by atoms with E-state index in [1.165, 1.54) is 38.5 Å². The third kappa shape index (κ3) is 1.77. The predicted molar refractivity (Wildman–Crippen MR) is 82.7 cm³/mol. The molecule has 0 radical (unpaired) electrons. The first kappa shape index (κ1) is 14.2. The third-order valence-electron chi connectivity index (χ3n) is 8.22. The predicted octanol–water partition coefficient (Wildman–Crippen LogP) is 3.96. The van der Waals surface area contributed by atoms with Crippen LogP contribution in [0.1, 0.15) is 71.6 Å². The molecule has 0 aromatic rings. The highest BCUT2D eigenvalue weighted by atomic mass is 16.3. The summed E-state index contributed by atoms with van der Waals surface area (Å²) in [5.41, 5.74) is 0.131. The van der Waals surface area contributed by atoms with Gasteiger partial charge in [-0.2, -0.15) is 0 Å². The number of ketones is 1. The summed E-state index contributed by atoms with van der Waals surface area (Å²) in [4.78, 5) is 12.4. The van der Waals surface area contributed by atoms with Crippen LogP contribution in [0.4, 0.5) is 0 Å². The summed E-state index contributed by atoms with van der Waals surface area (Å²) in [6.45, 7) is 4.62. The number of aliphatic hydroxyl groups excluding tert-OH is 1. The van der Waals surface area contributed by atoms with Gasteiger partial charge in [-0.05, 0) is 67.6 Å². The molecule has 0 bridgehead atoms. The van der Waals surface area contributed by atoms with Crippen LogP contribution in [0.25, 0.3) is 0 Å². The maximum atomic E-state index is 12.4. The molecule has 21 heavy (non-hydrogen) atoms. The molecule has 4 rings (SSSR count). The Bertz CT molecular complexity index is 458. The minimum atomic E-state index is -0.246. The molecule has 2 heteroatoms. The number of carbonyl (C=O) groups is 1. The maximum Gasteiger partial charge on any atom is 0.139 e. The summed E-state index contributed by atoms with van der Waals surface area (Å²) in [5.74, 6) is 2.87. The molecule has 7 unspecified atom stereocenters. The van der Waals surface area contributed by atoms with E-state index in [0.29, 0.717) is 29.0 Å². The first-order chi connectivity index (χ1) is 9.97. The van der Waals surface area contributed by atoms with Crippen LogP contribution in [0.3, 0.4) is 0 Å². The van der Waals surface area contributed by atoms with Crippen LogP contribution < -0.4 is 0 Å². The number of Topliss-reactive ketones (excluding diaryl/α,β-unsaturated/α-hetero) is 1. The van der Waals surface area contributed by atoms with E-state index in [1.807, 2.05) is 0 Å². The Hall–Kier alpha value is -0.370. The highest BCUT2D eigenvalue weighted by Crippen LogP contribution is 2.65. The van der Waals surface area contributed by atoms with Crippen molar-refractivity contribution in [2.45, 2.75) is 77.7 Å². The first-order valence-corrected chi connectivity index (χ1v) is 9.18. The molecule has 0 spiro atoms. The summed E-state index contributed by atoms with van der Waals surface area (Å²) in [6, 6.07) is 0. The fourth-order valence-electron chi connectivity index (χ4n) is 7.19. The Labute approximate surface area is 128 Å². The van der Waals surface area contributed by atoms with Gasteiger partial charge in [0.05, 0.1) is 6.10 Å². The van der Waals surface area contributed by atoms with Gasteiger partial charge in [0, 0.05) is 11.8 Å². The maximum absolute atomic E-state index is 12.4. The van der Waals surface area contributed by atoms with Gasteiger partial charge in [0.2, 0.25) is 0 Å². The second-order valence-electron chi connectivity index (χ2n) is 8.97. The monoisotopic (exact) mass is 290 g/mol. The summed E-state index contributed by atoms with van der Waals surface area (Å²) in [7, 11) is 0. The smallest absolute Gasteiger partial charge is 0.139 e. The molecular formula is C19H30O2. The Balaban J connectivity index is 1.71. The van der Waals surface area contributed by atoms with E-state index in [1.54, 1.807) is 0 Å². The summed E-state index contributed by atoms with van der Waals surface area (Å²) < 4.78 is 0. The minimum Gasteiger partial charge on any atom is -0.393 e. The van der Waals surface area contributed by atoms with E-state index in [9.17, 15) is 9.90 Å². The van der Waals surface area contributed by atoms with Gasteiger partial charge in [-0.25, -0.2) is 0 Å². The van der Waals surface area contributed by atoms with E-state index in [4.69, 9.17) is 0 Å². The lowest BCUT2D eigenvalue weighted by Crippen LogP contribution is -2.58. The zero-order valence-electron chi connectivity index (χ0n) is 13.6. The van der Waals surface area contributed by atoms with Crippen molar-refractivity contribution in [1.82, 2.24) is 0 Å². The van der Waals surface area contributed by atoms with E-state index in [0.717, 1.165) is 25.2 Å². The molecule has 118 valence electrons. The molecular weight excluding hydrogens is 260 g/mol. The summed E-state index contributed by atoms with van der Waals surface area (Å²) >= 11 is 0. The van der Waals surface area contributed by atoms with E-state index < -0.39 is 0 Å². The average molecular weight is 290 g/mol. The van der Waals surface area contributed by atoms with Gasteiger partial charge in [-0.1, -0.05) is 26.7 Å². The van der Waals surface area contributed by atoms with Crippen molar-refractivity contribution < 1.29 is 9.90 Å². The lowest BCUT2D eigenvalue weighted by molar-refractivity contribution is -0.168. The van der Waals surface area contributed by atoms with Gasteiger partial charge < -0.3 is 5.11 Å². The van der Waals surface area contributed by atoms with Gasteiger partial charge in [0.25, 0.3) is 0 Å². The molecule has 0 amide bonds. The number of hydrogen-bond donors (Lipinski definition) is 1. The van der Waals surface area contributed by atoms with Crippen LogP contribution in [0.5, 0.6) is 0 Å². The van der Waals surface area contributed by atoms with Gasteiger partial charge in [-0.15, -0.1) is 0 Å².